The fourth-order valence-corrected chi connectivity index (χ4v) is 2.97. The van der Waals surface area contributed by atoms with Gasteiger partial charge < -0.3 is 10.6 Å². The molecule has 1 aromatic carbocycles. The van der Waals surface area contributed by atoms with Crippen LogP contribution in [0.4, 0.5) is 5.69 Å². The van der Waals surface area contributed by atoms with Gasteiger partial charge in [0.15, 0.2) is 0 Å². The summed E-state index contributed by atoms with van der Waals surface area (Å²) in [7, 11) is 0. The molecule has 1 fully saturated rings. The Labute approximate surface area is 136 Å². The molecular weight excluding hydrogens is 306 g/mol. The number of nitrogens with zero attached hydrogens (tertiary/aromatic N) is 2. The number of nitro groups is 1. The van der Waals surface area contributed by atoms with Crippen LogP contribution in [0.25, 0.3) is 0 Å². The van der Waals surface area contributed by atoms with Gasteiger partial charge >= 0.3 is 0 Å². The summed E-state index contributed by atoms with van der Waals surface area (Å²) in [5.41, 5.74) is 6.48. The van der Waals surface area contributed by atoms with Crippen LogP contribution in [0.3, 0.4) is 0 Å². The molecule has 0 bridgehead atoms. The summed E-state index contributed by atoms with van der Waals surface area (Å²) in [4.78, 5) is 25.1. The molecule has 122 valence electrons. The maximum absolute atomic E-state index is 12.7. The molecule has 7 heteroatoms. The standard InChI is InChI=1S/C15H21N3O3.ClH/c1-11-13(6-4-7-14(11)18(20)21)15(19)17-10-3-2-5-12(17)8-9-16;/h4,6-7,12H,2-3,5,8-10,16H2,1H3;1H. The minimum absolute atomic E-state index is 0. The van der Waals surface area contributed by atoms with Crippen molar-refractivity contribution >= 4 is 24.0 Å². The van der Waals surface area contributed by atoms with Crippen molar-refractivity contribution in [2.24, 2.45) is 5.73 Å². The average Bonchev–Trinajstić information content (AvgIpc) is 2.47. The minimum Gasteiger partial charge on any atom is -0.336 e. The molecule has 2 rings (SSSR count). The predicted octanol–water partition coefficient (Wildman–Crippen LogP) is 2.67. The van der Waals surface area contributed by atoms with E-state index in [2.05, 4.69) is 0 Å². The molecule has 6 nitrogen and oxygen atoms in total. The highest BCUT2D eigenvalue weighted by molar-refractivity contribution is 5.96. The predicted molar refractivity (Wildman–Crippen MR) is 87.4 cm³/mol. The summed E-state index contributed by atoms with van der Waals surface area (Å²) in [5.74, 6) is -0.116. The maximum Gasteiger partial charge on any atom is 0.273 e. The summed E-state index contributed by atoms with van der Waals surface area (Å²) in [6.07, 6.45) is 3.81. The fourth-order valence-electron chi connectivity index (χ4n) is 2.97. The van der Waals surface area contributed by atoms with Crippen molar-refractivity contribution < 1.29 is 9.72 Å². The zero-order valence-electron chi connectivity index (χ0n) is 12.7. The molecule has 0 aliphatic carbocycles. The average molecular weight is 328 g/mol. The second-order valence-corrected chi connectivity index (χ2v) is 5.43. The molecule has 1 aliphatic heterocycles. The lowest BCUT2D eigenvalue weighted by molar-refractivity contribution is -0.385. The van der Waals surface area contributed by atoms with Gasteiger partial charge in [0.05, 0.1) is 4.92 Å². The van der Waals surface area contributed by atoms with E-state index >= 15 is 0 Å². The summed E-state index contributed by atoms with van der Waals surface area (Å²) in [5, 5.41) is 11.0. The molecular formula is C15H22ClN3O3. The Kier molecular flexibility index (Phi) is 6.77. The number of carbonyl (C=O) groups excluding carboxylic acids is 1. The summed E-state index contributed by atoms with van der Waals surface area (Å²) < 4.78 is 0. The number of hydrogen-bond donors (Lipinski definition) is 1. The van der Waals surface area contributed by atoms with Crippen LogP contribution in [0.2, 0.25) is 0 Å². The molecule has 0 radical (unpaired) electrons. The van der Waals surface area contributed by atoms with Gasteiger partial charge in [-0.2, -0.15) is 0 Å². The van der Waals surface area contributed by atoms with Crippen LogP contribution in [-0.2, 0) is 0 Å². The molecule has 0 spiro atoms. The van der Waals surface area contributed by atoms with Crippen molar-refractivity contribution in [3.05, 3.63) is 39.4 Å². The van der Waals surface area contributed by atoms with Crippen LogP contribution in [-0.4, -0.2) is 34.9 Å². The van der Waals surface area contributed by atoms with E-state index in [1.165, 1.54) is 6.07 Å². The number of nitrogens with two attached hydrogens (primary N) is 1. The summed E-state index contributed by atoms with van der Waals surface area (Å²) in [6, 6.07) is 4.81. The molecule has 1 aromatic rings. The van der Waals surface area contributed by atoms with Crippen LogP contribution >= 0.6 is 12.4 Å². The monoisotopic (exact) mass is 327 g/mol. The quantitative estimate of drug-likeness (QED) is 0.680. The van der Waals surface area contributed by atoms with E-state index in [1.807, 2.05) is 4.90 Å². The van der Waals surface area contributed by atoms with E-state index in [1.54, 1.807) is 19.1 Å². The van der Waals surface area contributed by atoms with E-state index in [4.69, 9.17) is 5.73 Å². The highest BCUT2D eigenvalue weighted by Gasteiger charge is 2.29. The third kappa shape index (κ3) is 3.75. The number of benzene rings is 1. The normalized spacial score (nSPS) is 17.7. The van der Waals surface area contributed by atoms with Crippen molar-refractivity contribution in [1.82, 2.24) is 4.90 Å². The highest BCUT2D eigenvalue weighted by Crippen LogP contribution is 2.26. The van der Waals surface area contributed by atoms with E-state index in [0.717, 1.165) is 25.7 Å². The second kappa shape index (κ2) is 8.10. The van der Waals surface area contributed by atoms with Crippen LogP contribution in [0.1, 0.15) is 41.6 Å². The van der Waals surface area contributed by atoms with Gasteiger partial charge in [0, 0.05) is 29.8 Å². The van der Waals surface area contributed by atoms with Gasteiger partial charge in [-0.15, -0.1) is 12.4 Å². The van der Waals surface area contributed by atoms with Gasteiger partial charge in [0.2, 0.25) is 0 Å². The topological polar surface area (TPSA) is 89.5 Å². The van der Waals surface area contributed by atoms with E-state index < -0.39 is 4.92 Å². The number of piperidine rings is 1. The zero-order chi connectivity index (χ0) is 15.4. The molecule has 1 heterocycles. The molecule has 1 aliphatic rings. The SMILES string of the molecule is Cc1c(C(=O)N2CCCCC2CCN)cccc1[N+](=O)[O-].Cl. The largest absolute Gasteiger partial charge is 0.336 e. The number of halogens is 1. The number of carbonyl (C=O) groups is 1. The van der Waals surface area contributed by atoms with E-state index in [0.29, 0.717) is 24.2 Å². The Hall–Kier alpha value is -1.66. The molecule has 22 heavy (non-hydrogen) atoms. The first kappa shape index (κ1) is 18.4. The molecule has 1 saturated heterocycles. The van der Waals surface area contributed by atoms with Gasteiger partial charge in [-0.25, -0.2) is 0 Å². The lowest BCUT2D eigenvalue weighted by Crippen LogP contribution is -2.44. The smallest absolute Gasteiger partial charge is 0.273 e. The van der Waals surface area contributed by atoms with Crippen LogP contribution < -0.4 is 5.73 Å². The first-order chi connectivity index (χ1) is 10.1. The first-order valence-electron chi connectivity index (χ1n) is 7.31. The van der Waals surface area contributed by atoms with Crippen molar-refractivity contribution in [2.75, 3.05) is 13.1 Å². The number of likely N-dealkylation sites (tertiary alicyclic amines) is 1. The summed E-state index contributed by atoms with van der Waals surface area (Å²) >= 11 is 0. The Bertz CT molecular complexity index is 549. The van der Waals surface area contributed by atoms with E-state index in [-0.39, 0.29) is 30.0 Å². The Balaban J connectivity index is 0.00000242. The Morgan fingerprint density at radius 1 is 1.45 bits per heavy atom. The second-order valence-electron chi connectivity index (χ2n) is 5.43. The van der Waals surface area contributed by atoms with Crippen LogP contribution in [0, 0.1) is 17.0 Å². The highest BCUT2D eigenvalue weighted by atomic mass is 35.5. The molecule has 1 amide bonds. The van der Waals surface area contributed by atoms with Crippen molar-refractivity contribution in [3.8, 4) is 0 Å². The molecule has 0 aromatic heterocycles. The molecule has 2 N–H and O–H groups in total. The van der Waals surface area contributed by atoms with Crippen molar-refractivity contribution in [3.63, 3.8) is 0 Å². The number of nitro benzene ring substituents is 1. The maximum atomic E-state index is 12.7. The third-order valence-electron chi connectivity index (χ3n) is 4.12. The van der Waals surface area contributed by atoms with Gasteiger partial charge in [-0.1, -0.05) is 6.07 Å². The fraction of sp³-hybridized carbons (Fsp3) is 0.533. The van der Waals surface area contributed by atoms with Crippen LogP contribution in [0.5, 0.6) is 0 Å². The van der Waals surface area contributed by atoms with Gasteiger partial charge in [0.1, 0.15) is 0 Å². The molecule has 1 unspecified atom stereocenters. The first-order valence-corrected chi connectivity index (χ1v) is 7.31. The summed E-state index contributed by atoms with van der Waals surface area (Å²) in [6.45, 7) is 2.88. The van der Waals surface area contributed by atoms with Crippen LogP contribution in [0.15, 0.2) is 18.2 Å². The van der Waals surface area contributed by atoms with Gasteiger partial charge in [-0.05, 0) is 45.2 Å². The number of amides is 1. The number of hydrogen-bond acceptors (Lipinski definition) is 4. The van der Waals surface area contributed by atoms with Crippen molar-refractivity contribution in [1.29, 1.82) is 0 Å². The third-order valence-corrected chi connectivity index (χ3v) is 4.12. The van der Waals surface area contributed by atoms with Crippen molar-refractivity contribution in [2.45, 2.75) is 38.6 Å². The lowest BCUT2D eigenvalue weighted by Gasteiger charge is -2.36. The van der Waals surface area contributed by atoms with Gasteiger partial charge in [0.25, 0.3) is 11.6 Å². The molecule has 0 saturated carbocycles. The van der Waals surface area contributed by atoms with Gasteiger partial charge in [-0.3, -0.25) is 14.9 Å². The number of rotatable bonds is 4. The minimum atomic E-state index is -0.445. The lowest BCUT2D eigenvalue weighted by atomic mass is 9.97. The Morgan fingerprint density at radius 3 is 2.82 bits per heavy atom. The zero-order valence-corrected chi connectivity index (χ0v) is 13.5. The molecule has 1 atom stereocenters. The van der Waals surface area contributed by atoms with E-state index in [9.17, 15) is 14.9 Å². The Morgan fingerprint density at radius 2 is 2.18 bits per heavy atom.